The highest BCUT2D eigenvalue weighted by atomic mass is 32.1. The standard InChI is InChI=1S/C30H26BNO2S/c1-29(2)30(3,4)34-31(33-29)19-16-17-24-22(18-19)20-10-5-7-12-23(20)32(24)25-13-9-15-27-28(25)21-11-6-8-14-26(21)35-27/h5-18H,1-4H3. The first-order valence-corrected chi connectivity index (χ1v) is 13.0. The third-order valence-electron chi connectivity index (χ3n) is 7.84. The Bertz CT molecular complexity index is 1760. The second-order valence-corrected chi connectivity index (χ2v) is 11.5. The van der Waals surface area contributed by atoms with Gasteiger partial charge in [0, 0.05) is 30.9 Å². The zero-order valence-corrected chi connectivity index (χ0v) is 21.1. The van der Waals surface area contributed by atoms with Crippen LogP contribution in [0.15, 0.2) is 84.9 Å². The van der Waals surface area contributed by atoms with Gasteiger partial charge in [-0.3, -0.25) is 0 Å². The third kappa shape index (κ3) is 2.99. The molecule has 0 radical (unpaired) electrons. The molecule has 0 N–H and O–H groups in total. The predicted octanol–water partition coefficient (Wildman–Crippen LogP) is 7.45. The van der Waals surface area contributed by atoms with Crippen LogP contribution in [0.3, 0.4) is 0 Å². The minimum Gasteiger partial charge on any atom is -0.399 e. The van der Waals surface area contributed by atoms with Gasteiger partial charge >= 0.3 is 7.12 Å². The summed E-state index contributed by atoms with van der Waals surface area (Å²) in [6.45, 7) is 8.40. The molecular formula is C30H26BNO2S. The predicted molar refractivity (Wildman–Crippen MR) is 149 cm³/mol. The molecule has 3 nitrogen and oxygen atoms in total. The van der Waals surface area contributed by atoms with Crippen LogP contribution in [0.4, 0.5) is 0 Å². The van der Waals surface area contributed by atoms with Crippen LogP contribution >= 0.6 is 11.3 Å². The van der Waals surface area contributed by atoms with Crippen molar-refractivity contribution >= 4 is 65.9 Å². The largest absolute Gasteiger partial charge is 0.494 e. The van der Waals surface area contributed by atoms with Crippen molar-refractivity contribution in [3.63, 3.8) is 0 Å². The van der Waals surface area contributed by atoms with Crippen molar-refractivity contribution in [1.82, 2.24) is 4.57 Å². The molecule has 0 aliphatic carbocycles. The summed E-state index contributed by atoms with van der Waals surface area (Å²) in [6.07, 6.45) is 0. The van der Waals surface area contributed by atoms with E-state index >= 15 is 0 Å². The van der Waals surface area contributed by atoms with Crippen LogP contribution in [0.2, 0.25) is 0 Å². The summed E-state index contributed by atoms with van der Waals surface area (Å²) >= 11 is 1.86. The Balaban J connectivity index is 1.50. The van der Waals surface area contributed by atoms with Crippen LogP contribution < -0.4 is 5.46 Å². The number of hydrogen-bond donors (Lipinski definition) is 0. The van der Waals surface area contributed by atoms with Gasteiger partial charge in [-0.2, -0.15) is 0 Å². The van der Waals surface area contributed by atoms with Crippen molar-refractivity contribution in [3.05, 3.63) is 84.9 Å². The number of thiophene rings is 1. The number of fused-ring (bicyclic) bond motifs is 6. The molecule has 0 atom stereocenters. The molecule has 0 spiro atoms. The van der Waals surface area contributed by atoms with E-state index in [0.29, 0.717) is 0 Å². The minimum atomic E-state index is -0.379. The first-order valence-electron chi connectivity index (χ1n) is 12.1. The summed E-state index contributed by atoms with van der Waals surface area (Å²) in [5, 5.41) is 5.07. The molecule has 6 aromatic rings. The van der Waals surface area contributed by atoms with Gasteiger partial charge < -0.3 is 13.9 Å². The SMILES string of the molecule is CC1(C)OB(c2ccc3c(c2)c2ccccc2n3-c2cccc3sc4ccccc4c23)OC1(C)C. The fraction of sp³-hybridized carbons (Fsp3) is 0.200. The quantitative estimate of drug-likeness (QED) is 0.243. The van der Waals surface area contributed by atoms with Crippen molar-refractivity contribution in [2.24, 2.45) is 0 Å². The fourth-order valence-corrected chi connectivity index (χ4v) is 6.44. The molecule has 0 bridgehead atoms. The lowest BCUT2D eigenvalue weighted by Gasteiger charge is -2.32. The van der Waals surface area contributed by atoms with Gasteiger partial charge in [-0.1, -0.05) is 54.6 Å². The highest BCUT2D eigenvalue weighted by Crippen LogP contribution is 2.41. The van der Waals surface area contributed by atoms with Crippen molar-refractivity contribution in [2.45, 2.75) is 38.9 Å². The molecule has 3 heterocycles. The highest BCUT2D eigenvalue weighted by Gasteiger charge is 2.51. The Labute approximate surface area is 209 Å². The summed E-state index contributed by atoms with van der Waals surface area (Å²) in [6, 6.07) is 30.7. The Kier molecular flexibility index (Phi) is 4.36. The zero-order valence-electron chi connectivity index (χ0n) is 20.3. The number of benzene rings is 4. The van der Waals surface area contributed by atoms with E-state index in [2.05, 4.69) is 117 Å². The highest BCUT2D eigenvalue weighted by molar-refractivity contribution is 7.25. The first-order chi connectivity index (χ1) is 16.8. The van der Waals surface area contributed by atoms with Crippen molar-refractivity contribution < 1.29 is 9.31 Å². The van der Waals surface area contributed by atoms with Crippen molar-refractivity contribution in [2.75, 3.05) is 0 Å². The van der Waals surface area contributed by atoms with Gasteiger partial charge in [-0.25, -0.2) is 0 Å². The number of rotatable bonds is 2. The van der Waals surface area contributed by atoms with E-state index in [1.54, 1.807) is 0 Å². The van der Waals surface area contributed by atoms with Crippen LogP contribution in [0.5, 0.6) is 0 Å². The number of para-hydroxylation sites is 1. The maximum absolute atomic E-state index is 6.37. The Hall–Kier alpha value is -3.12. The second kappa shape index (κ2) is 7.20. The molecule has 0 unspecified atom stereocenters. The second-order valence-electron chi connectivity index (χ2n) is 10.5. The van der Waals surface area contributed by atoms with E-state index < -0.39 is 0 Å². The van der Waals surface area contributed by atoms with Gasteiger partial charge in [-0.15, -0.1) is 11.3 Å². The molecule has 7 rings (SSSR count). The Morgan fingerprint density at radius 2 is 1.31 bits per heavy atom. The summed E-state index contributed by atoms with van der Waals surface area (Å²) in [5.41, 5.74) is 3.94. The van der Waals surface area contributed by atoms with E-state index in [1.165, 1.54) is 47.7 Å². The van der Waals surface area contributed by atoms with Gasteiger partial charge in [0.15, 0.2) is 0 Å². The lowest BCUT2D eigenvalue weighted by atomic mass is 9.78. The number of aromatic nitrogens is 1. The number of hydrogen-bond acceptors (Lipinski definition) is 3. The molecular weight excluding hydrogens is 449 g/mol. The maximum Gasteiger partial charge on any atom is 0.494 e. The van der Waals surface area contributed by atoms with Crippen LogP contribution in [0, 0.1) is 0 Å². The van der Waals surface area contributed by atoms with Crippen molar-refractivity contribution in [1.29, 1.82) is 0 Å². The molecule has 5 heteroatoms. The van der Waals surface area contributed by atoms with Crippen LogP contribution in [0.1, 0.15) is 27.7 Å². The van der Waals surface area contributed by atoms with Gasteiger partial charge in [0.05, 0.1) is 27.9 Å². The normalized spacial score (nSPS) is 17.3. The molecule has 0 amide bonds. The molecule has 2 aromatic heterocycles. The van der Waals surface area contributed by atoms with Gasteiger partial charge in [0.25, 0.3) is 0 Å². The number of nitrogens with zero attached hydrogens (tertiary/aromatic N) is 1. The lowest BCUT2D eigenvalue weighted by Crippen LogP contribution is -2.41. The summed E-state index contributed by atoms with van der Waals surface area (Å²) in [5.74, 6) is 0. The van der Waals surface area contributed by atoms with Gasteiger partial charge in [-0.05, 0) is 63.5 Å². The van der Waals surface area contributed by atoms with E-state index in [-0.39, 0.29) is 18.3 Å². The molecule has 35 heavy (non-hydrogen) atoms. The molecule has 1 aliphatic heterocycles. The molecule has 1 aliphatic rings. The van der Waals surface area contributed by atoms with Crippen LogP contribution in [-0.4, -0.2) is 22.9 Å². The minimum absolute atomic E-state index is 0.365. The van der Waals surface area contributed by atoms with Gasteiger partial charge in [0.1, 0.15) is 0 Å². The van der Waals surface area contributed by atoms with Crippen LogP contribution in [-0.2, 0) is 9.31 Å². The zero-order chi connectivity index (χ0) is 23.9. The Morgan fingerprint density at radius 3 is 2.11 bits per heavy atom. The summed E-state index contributed by atoms with van der Waals surface area (Å²) in [4.78, 5) is 0. The van der Waals surface area contributed by atoms with E-state index in [0.717, 1.165) is 5.46 Å². The fourth-order valence-electron chi connectivity index (χ4n) is 5.32. The van der Waals surface area contributed by atoms with Gasteiger partial charge in [0.2, 0.25) is 0 Å². The van der Waals surface area contributed by atoms with E-state index in [4.69, 9.17) is 9.31 Å². The summed E-state index contributed by atoms with van der Waals surface area (Å²) in [7, 11) is -0.379. The average molecular weight is 475 g/mol. The van der Waals surface area contributed by atoms with E-state index in [1.807, 2.05) is 11.3 Å². The third-order valence-corrected chi connectivity index (χ3v) is 8.98. The first kappa shape index (κ1) is 21.2. The molecule has 172 valence electrons. The van der Waals surface area contributed by atoms with Crippen LogP contribution in [0.25, 0.3) is 47.7 Å². The monoisotopic (exact) mass is 475 g/mol. The van der Waals surface area contributed by atoms with Crippen molar-refractivity contribution in [3.8, 4) is 5.69 Å². The summed E-state index contributed by atoms with van der Waals surface area (Å²) < 4.78 is 17.8. The maximum atomic E-state index is 6.37. The molecule has 0 saturated carbocycles. The smallest absolute Gasteiger partial charge is 0.399 e. The topological polar surface area (TPSA) is 23.4 Å². The lowest BCUT2D eigenvalue weighted by molar-refractivity contribution is 0.00578. The Morgan fingerprint density at radius 1 is 0.657 bits per heavy atom. The average Bonchev–Trinajstić information content (AvgIpc) is 3.45. The molecule has 4 aromatic carbocycles. The molecule has 1 saturated heterocycles. The molecule has 1 fully saturated rings. The van der Waals surface area contributed by atoms with E-state index in [9.17, 15) is 0 Å².